The average Bonchev–Trinajstić information content (AvgIpc) is 2.37. The molecule has 1 heterocycles. The second kappa shape index (κ2) is 4.45. The van der Waals surface area contributed by atoms with Gasteiger partial charge < -0.3 is 0 Å². The van der Waals surface area contributed by atoms with Crippen molar-refractivity contribution in [3.05, 3.63) is 48.2 Å². The molecule has 1 aromatic carbocycles. The highest BCUT2D eigenvalue weighted by Gasteiger charge is 2.15. The van der Waals surface area contributed by atoms with Crippen LogP contribution in [0.15, 0.2) is 42.6 Å². The maximum atomic E-state index is 7.34. The van der Waals surface area contributed by atoms with Gasteiger partial charge in [-0.3, -0.25) is 4.98 Å². The van der Waals surface area contributed by atoms with Crippen LogP contribution in [0.2, 0.25) is 19.6 Å². The SMILES string of the molecule is [2H]C([2H])([2H])c1ccc(-c2ccc([Si](C)(C)C)cc2)nc1. The van der Waals surface area contributed by atoms with Crippen molar-refractivity contribution in [1.29, 1.82) is 0 Å². The number of hydrogen-bond acceptors (Lipinski definition) is 1. The van der Waals surface area contributed by atoms with Crippen LogP contribution in [0.5, 0.6) is 0 Å². The van der Waals surface area contributed by atoms with Crippen molar-refractivity contribution in [3.63, 3.8) is 0 Å². The lowest BCUT2D eigenvalue weighted by Gasteiger charge is -2.16. The van der Waals surface area contributed by atoms with E-state index in [1.807, 2.05) is 0 Å². The van der Waals surface area contributed by atoms with E-state index in [9.17, 15) is 0 Å². The molecule has 1 nitrogen and oxygen atoms in total. The predicted octanol–water partition coefficient (Wildman–Crippen LogP) is 3.60. The Labute approximate surface area is 109 Å². The van der Waals surface area contributed by atoms with Crippen LogP contribution in [-0.4, -0.2) is 13.1 Å². The monoisotopic (exact) mass is 244 g/mol. The second-order valence-corrected chi connectivity index (χ2v) is 10.3. The molecular weight excluding hydrogens is 222 g/mol. The molecule has 88 valence electrons. The van der Waals surface area contributed by atoms with E-state index < -0.39 is 14.9 Å². The molecule has 0 N–H and O–H groups in total. The van der Waals surface area contributed by atoms with E-state index in [0.717, 1.165) is 11.3 Å². The zero-order valence-electron chi connectivity index (χ0n) is 13.5. The zero-order valence-corrected chi connectivity index (χ0v) is 11.5. The molecule has 0 spiro atoms. The number of aromatic nitrogens is 1. The summed E-state index contributed by atoms with van der Waals surface area (Å²) in [7, 11) is -1.29. The summed E-state index contributed by atoms with van der Waals surface area (Å²) in [4.78, 5) is 4.26. The van der Waals surface area contributed by atoms with Crippen LogP contribution >= 0.6 is 0 Å². The molecule has 0 aliphatic rings. The van der Waals surface area contributed by atoms with E-state index in [1.54, 1.807) is 12.1 Å². The van der Waals surface area contributed by atoms with Gasteiger partial charge >= 0.3 is 0 Å². The van der Waals surface area contributed by atoms with Crippen LogP contribution in [0.25, 0.3) is 11.3 Å². The number of pyridine rings is 1. The van der Waals surface area contributed by atoms with Gasteiger partial charge in [0.15, 0.2) is 0 Å². The smallest absolute Gasteiger partial charge is 0.0775 e. The molecule has 0 saturated carbocycles. The summed E-state index contributed by atoms with van der Waals surface area (Å²) in [5.74, 6) is 0. The Morgan fingerprint density at radius 2 is 1.71 bits per heavy atom. The molecule has 2 heteroatoms. The van der Waals surface area contributed by atoms with Crippen LogP contribution in [-0.2, 0) is 0 Å². The normalized spacial score (nSPS) is 14.9. The van der Waals surface area contributed by atoms with Crippen molar-refractivity contribution in [2.45, 2.75) is 26.5 Å². The number of hydrogen-bond donors (Lipinski definition) is 0. The highest BCUT2D eigenvalue weighted by atomic mass is 28.3. The minimum absolute atomic E-state index is 0.278. The first kappa shape index (κ1) is 8.64. The lowest BCUT2D eigenvalue weighted by molar-refractivity contribution is 1.27. The van der Waals surface area contributed by atoms with Crippen molar-refractivity contribution in [1.82, 2.24) is 4.98 Å². The van der Waals surface area contributed by atoms with Crippen molar-refractivity contribution in [3.8, 4) is 11.3 Å². The van der Waals surface area contributed by atoms with E-state index in [-0.39, 0.29) is 5.56 Å². The van der Waals surface area contributed by atoms with Gasteiger partial charge in [0.05, 0.1) is 13.8 Å². The van der Waals surface area contributed by atoms with Crippen LogP contribution in [0.3, 0.4) is 0 Å². The molecule has 0 unspecified atom stereocenters. The van der Waals surface area contributed by atoms with Crippen LogP contribution in [0.4, 0.5) is 0 Å². The minimum atomic E-state index is -2.09. The average molecular weight is 244 g/mol. The van der Waals surface area contributed by atoms with Crippen LogP contribution in [0.1, 0.15) is 9.68 Å². The molecule has 0 fully saturated rings. The zero-order chi connectivity index (χ0) is 15.0. The van der Waals surface area contributed by atoms with E-state index in [4.69, 9.17) is 4.11 Å². The Balaban J connectivity index is 2.29. The number of rotatable bonds is 2. The Morgan fingerprint density at radius 3 is 2.18 bits per heavy atom. The first-order valence-electron chi connectivity index (χ1n) is 7.25. The number of benzene rings is 1. The fraction of sp³-hybridized carbons (Fsp3) is 0.267. The Morgan fingerprint density at radius 1 is 1.00 bits per heavy atom. The minimum Gasteiger partial charge on any atom is -0.256 e. The van der Waals surface area contributed by atoms with E-state index in [1.165, 1.54) is 11.4 Å². The number of nitrogens with zero attached hydrogens (tertiary/aromatic N) is 1. The molecule has 0 aliphatic heterocycles. The van der Waals surface area contributed by atoms with Gasteiger partial charge in [-0.05, 0) is 18.5 Å². The van der Waals surface area contributed by atoms with Gasteiger partial charge in [0, 0.05) is 15.9 Å². The topological polar surface area (TPSA) is 12.9 Å². The van der Waals surface area contributed by atoms with Crippen molar-refractivity contribution in [2.75, 3.05) is 0 Å². The third-order valence-electron chi connectivity index (χ3n) is 2.81. The number of aryl methyl sites for hydroxylation is 1. The summed E-state index contributed by atoms with van der Waals surface area (Å²) in [5.41, 5.74) is 2.10. The van der Waals surface area contributed by atoms with Crippen LogP contribution < -0.4 is 5.19 Å². The molecule has 2 aromatic rings. The molecule has 17 heavy (non-hydrogen) atoms. The van der Waals surface area contributed by atoms with Crippen molar-refractivity contribution < 1.29 is 4.11 Å². The molecule has 1 aromatic heterocycles. The highest BCUT2D eigenvalue weighted by molar-refractivity contribution is 6.88. The molecule has 2 rings (SSSR count). The summed E-state index contributed by atoms with van der Waals surface area (Å²) >= 11 is 0. The largest absolute Gasteiger partial charge is 0.256 e. The summed E-state index contributed by atoms with van der Waals surface area (Å²) in [6.07, 6.45) is 1.44. The predicted molar refractivity (Wildman–Crippen MR) is 77.4 cm³/mol. The van der Waals surface area contributed by atoms with Crippen LogP contribution in [0, 0.1) is 6.85 Å². The summed E-state index contributed by atoms with van der Waals surface area (Å²) in [5, 5.41) is 1.40. The van der Waals surface area contributed by atoms with E-state index in [0.29, 0.717) is 0 Å². The first-order chi connectivity index (χ1) is 9.18. The fourth-order valence-corrected chi connectivity index (χ4v) is 2.87. The summed E-state index contributed by atoms with van der Waals surface area (Å²) in [6.45, 7) is 4.84. The summed E-state index contributed by atoms with van der Waals surface area (Å²) < 4.78 is 22.0. The van der Waals surface area contributed by atoms with Gasteiger partial charge in [0.25, 0.3) is 0 Å². The quantitative estimate of drug-likeness (QED) is 0.736. The highest BCUT2D eigenvalue weighted by Crippen LogP contribution is 2.16. The van der Waals surface area contributed by atoms with E-state index >= 15 is 0 Å². The third-order valence-corrected chi connectivity index (χ3v) is 4.88. The summed E-state index contributed by atoms with van der Waals surface area (Å²) in [6, 6.07) is 11.8. The van der Waals surface area contributed by atoms with Crippen molar-refractivity contribution in [2.24, 2.45) is 0 Å². The van der Waals surface area contributed by atoms with Crippen molar-refractivity contribution >= 4 is 13.3 Å². The fourth-order valence-electron chi connectivity index (χ4n) is 1.71. The third kappa shape index (κ3) is 2.83. The Kier molecular flexibility index (Phi) is 2.27. The van der Waals surface area contributed by atoms with Gasteiger partial charge in [-0.1, -0.05) is 55.2 Å². The van der Waals surface area contributed by atoms with Gasteiger partial charge in [-0.15, -0.1) is 0 Å². The van der Waals surface area contributed by atoms with Gasteiger partial charge in [-0.25, -0.2) is 0 Å². The molecular formula is C15H19NSi. The maximum Gasteiger partial charge on any atom is 0.0775 e. The first-order valence-corrected chi connectivity index (χ1v) is 9.25. The van der Waals surface area contributed by atoms with Gasteiger partial charge in [0.2, 0.25) is 0 Å². The lowest BCUT2D eigenvalue weighted by atomic mass is 10.1. The molecule has 0 aliphatic carbocycles. The second-order valence-electron chi connectivity index (χ2n) is 5.26. The molecule has 0 saturated heterocycles. The lowest BCUT2D eigenvalue weighted by Crippen LogP contribution is -2.37. The Bertz CT molecular complexity index is 525. The Hall–Kier alpha value is -1.41. The van der Waals surface area contributed by atoms with Gasteiger partial charge in [-0.2, -0.15) is 0 Å². The van der Waals surface area contributed by atoms with Gasteiger partial charge in [0.1, 0.15) is 0 Å². The standard InChI is InChI=1S/C15H19NSi/c1-12-5-10-15(16-11-12)13-6-8-14(9-7-13)17(2,3)4/h5-11H,1-4H3/i1D3. The molecule has 0 amide bonds. The maximum absolute atomic E-state index is 7.34. The molecule has 0 bridgehead atoms. The molecule has 0 radical (unpaired) electrons. The molecule has 0 atom stereocenters. The van der Waals surface area contributed by atoms with E-state index in [2.05, 4.69) is 48.9 Å².